The van der Waals surface area contributed by atoms with Gasteiger partial charge in [-0.25, -0.2) is 8.42 Å². The summed E-state index contributed by atoms with van der Waals surface area (Å²) >= 11 is 0.339. The third-order valence-corrected chi connectivity index (χ3v) is 5.45. The molecule has 0 aromatic heterocycles. The lowest BCUT2D eigenvalue weighted by Gasteiger charge is -2.23. The van der Waals surface area contributed by atoms with Crippen molar-refractivity contribution in [2.45, 2.75) is 23.5 Å². The Hall–Kier alpha value is -0.860. The van der Waals surface area contributed by atoms with Crippen LogP contribution in [0, 0.1) is 5.92 Å². The molecular weight excluding hydrogens is 318 g/mol. The molecule has 0 bridgehead atoms. The van der Waals surface area contributed by atoms with Gasteiger partial charge in [0.2, 0.25) is 10.0 Å². The van der Waals surface area contributed by atoms with Crippen LogP contribution in [0.1, 0.15) is 12.8 Å². The Morgan fingerprint density at radius 3 is 2.81 bits per heavy atom. The Kier molecular flexibility index (Phi) is 5.83. The normalized spacial score (nSPS) is 19.7. The number of nitrogens with one attached hydrogen (secondary N) is 2. The molecule has 1 atom stereocenters. The molecule has 21 heavy (non-hydrogen) atoms. The van der Waals surface area contributed by atoms with Crippen molar-refractivity contribution in [2.24, 2.45) is 5.92 Å². The number of benzene rings is 1. The fourth-order valence-corrected chi connectivity index (χ4v) is 4.50. The molecule has 118 valence electrons. The molecule has 1 fully saturated rings. The molecule has 8 heteroatoms. The van der Waals surface area contributed by atoms with Crippen LogP contribution in [0.5, 0.6) is 0 Å². The lowest BCUT2D eigenvalue weighted by Crippen LogP contribution is -2.35. The van der Waals surface area contributed by atoms with Gasteiger partial charge in [0.25, 0.3) is 5.76 Å². The third kappa shape index (κ3) is 5.44. The Bertz CT molecular complexity index is 561. The Labute approximate surface area is 127 Å². The standard InChI is InChI=1S/C13H18F2N2O2S2/c14-13(15)20-12-6-2-1-5-11(12)17-21(18,19)9-10-4-3-7-16-8-10/h1-2,5-6,10,13,16-17H,3-4,7-9H2. The summed E-state index contributed by atoms with van der Waals surface area (Å²) in [6.07, 6.45) is 1.82. The van der Waals surface area contributed by atoms with Crippen molar-refractivity contribution in [3.8, 4) is 0 Å². The van der Waals surface area contributed by atoms with E-state index in [1.54, 1.807) is 12.1 Å². The van der Waals surface area contributed by atoms with Gasteiger partial charge in [-0.2, -0.15) is 8.78 Å². The maximum Gasteiger partial charge on any atom is 0.288 e. The summed E-state index contributed by atoms with van der Waals surface area (Å²) in [4.78, 5) is 0.234. The van der Waals surface area contributed by atoms with Gasteiger partial charge in [0, 0.05) is 4.90 Å². The van der Waals surface area contributed by atoms with Gasteiger partial charge in [-0.3, -0.25) is 4.72 Å². The fourth-order valence-electron chi connectivity index (χ4n) is 2.34. The number of sulfonamides is 1. The van der Waals surface area contributed by atoms with Crippen molar-refractivity contribution in [1.82, 2.24) is 5.32 Å². The molecule has 1 heterocycles. The van der Waals surface area contributed by atoms with Gasteiger partial charge >= 0.3 is 0 Å². The summed E-state index contributed by atoms with van der Waals surface area (Å²) in [6, 6.07) is 6.21. The van der Waals surface area contributed by atoms with Gasteiger partial charge in [0.1, 0.15) is 0 Å². The summed E-state index contributed by atoms with van der Waals surface area (Å²) in [7, 11) is -3.54. The number of halogens is 2. The number of piperidine rings is 1. The zero-order chi connectivity index (χ0) is 15.3. The van der Waals surface area contributed by atoms with Crippen LogP contribution in [0.25, 0.3) is 0 Å². The van der Waals surface area contributed by atoms with E-state index in [0.29, 0.717) is 18.3 Å². The smallest absolute Gasteiger partial charge is 0.288 e. The highest BCUT2D eigenvalue weighted by molar-refractivity contribution is 7.99. The molecule has 0 saturated carbocycles. The second-order valence-corrected chi connectivity index (χ2v) is 7.77. The van der Waals surface area contributed by atoms with E-state index in [1.807, 2.05) is 0 Å². The number of para-hydroxylation sites is 1. The minimum atomic E-state index is -3.54. The van der Waals surface area contributed by atoms with E-state index < -0.39 is 15.8 Å². The maximum absolute atomic E-state index is 12.5. The highest BCUT2D eigenvalue weighted by Crippen LogP contribution is 2.32. The van der Waals surface area contributed by atoms with Gasteiger partial charge < -0.3 is 5.32 Å². The monoisotopic (exact) mass is 336 g/mol. The number of hydrogen-bond donors (Lipinski definition) is 2. The van der Waals surface area contributed by atoms with Crippen molar-refractivity contribution in [3.63, 3.8) is 0 Å². The van der Waals surface area contributed by atoms with Crippen LogP contribution in [0.15, 0.2) is 29.2 Å². The van der Waals surface area contributed by atoms with Crippen LogP contribution >= 0.6 is 11.8 Å². The molecule has 1 aromatic carbocycles. The van der Waals surface area contributed by atoms with Crippen LogP contribution in [-0.2, 0) is 10.0 Å². The van der Waals surface area contributed by atoms with Gasteiger partial charge in [0.15, 0.2) is 0 Å². The predicted octanol–water partition coefficient (Wildman–Crippen LogP) is 2.74. The second-order valence-electron chi connectivity index (χ2n) is 4.97. The number of anilines is 1. The quantitative estimate of drug-likeness (QED) is 0.784. The number of thioether (sulfide) groups is 1. The first kappa shape index (κ1) is 16.5. The number of alkyl halides is 2. The van der Waals surface area contributed by atoms with Crippen LogP contribution < -0.4 is 10.0 Å². The molecule has 0 spiro atoms. The van der Waals surface area contributed by atoms with E-state index in [4.69, 9.17) is 0 Å². The molecule has 2 rings (SSSR count). The first-order valence-electron chi connectivity index (χ1n) is 6.71. The molecule has 1 aliphatic rings. The molecule has 1 aliphatic heterocycles. The minimum Gasteiger partial charge on any atom is -0.316 e. The van der Waals surface area contributed by atoms with Crippen molar-refractivity contribution < 1.29 is 17.2 Å². The average molecular weight is 336 g/mol. The molecule has 4 nitrogen and oxygen atoms in total. The molecule has 1 aromatic rings. The number of hydrogen-bond acceptors (Lipinski definition) is 4. The molecule has 0 radical (unpaired) electrons. The van der Waals surface area contributed by atoms with E-state index in [1.165, 1.54) is 12.1 Å². The van der Waals surface area contributed by atoms with E-state index >= 15 is 0 Å². The van der Waals surface area contributed by atoms with Crippen LogP contribution in [0.3, 0.4) is 0 Å². The van der Waals surface area contributed by atoms with Crippen molar-refractivity contribution in [3.05, 3.63) is 24.3 Å². The lowest BCUT2D eigenvalue weighted by atomic mass is 10.0. The zero-order valence-corrected chi connectivity index (χ0v) is 13.0. The van der Waals surface area contributed by atoms with Gasteiger partial charge in [-0.1, -0.05) is 23.9 Å². The first-order valence-corrected chi connectivity index (χ1v) is 9.24. The molecule has 2 N–H and O–H groups in total. The molecule has 0 amide bonds. The highest BCUT2D eigenvalue weighted by atomic mass is 32.2. The zero-order valence-electron chi connectivity index (χ0n) is 11.4. The van der Waals surface area contributed by atoms with E-state index in [2.05, 4.69) is 10.0 Å². The summed E-state index contributed by atoms with van der Waals surface area (Å²) in [5.74, 6) is -2.52. The van der Waals surface area contributed by atoms with E-state index in [9.17, 15) is 17.2 Å². The molecule has 0 aliphatic carbocycles. The predicted molar refractivity (Wildman–Crippen MR) is 81.3 cm³/mol. The fraction of sp³-hybridized carbons (Fsp3) is 0.538. The van der Waals surface area contributed by atoms with E-state index in [0.717, 1.165) is 19.4 Å². The van der Waals surface area contributed by atoms with Crippen LogP contribution in [0.2, 0.25) is 0 Å². The maximum atomic E-state index is 12.5. The van der Waals surface area contributed by atoms with E-state index in [-0.39, 0.29) is 22.3 Å². The molecular formula is C13H18F2N2O2S2. The summed E-state index contributed by atoms with van der Waals surface area (Å²) in [5.41, 5.74) is 0.214. The minimum absolute atomic E-state index is 0.00762. The Balaban J connectivity index is 2.05. The average Bonchev–Trinajstić information content (AvgIpc) is 2.41. The van der Waals surface area contributed by atoms with Crippen LogP contribution in [0.4, 0.5) is 14.5 Å². The van der Waals surface area contributed by atoms with Crippen molar-refractivity contribution >= 4 is 27.5 Å². The largest absolute Gasteiger partial charge is 0.316 e. The van der Waals surface area contributed by atoms with Crippen molar-refractivity contribution in [2.75, 3.05) is 23.6 Å². The lowest BCUT2D eigenvalue weighted by molar-refractivity contribution is 0.252. The summed E-state index contributed by atoms with van der Waals surface area (Å²) in [6.45, 7) is 1.59. The highest BCUT2D eigenvalue weighted by Gasteiger charge is 2.22. The van der Waals surface area contributed by atoms with Crippen LogP contribution in [-0.4, -0.2) is 33.0 Å². The molecule has 1 saturated heterocycles. The second kappa shape index (κ2) is 7.42. The first-order chi connectivity index (χ1) is 9.96. The Morgan fingerprint density at radius 1 is 1.38 bits per heavy atom. The van der Waals surface area contributed by atoms with Gasteiger partial charge in [-0.15, -0.1) is 0 Å². The summed E-state index contributed by atoms with van der Waals surface area (Å²) in [5, 5.41) is 3.16. The van der Waals surface area contributed by atoms with Crippen molar-refractivity contribution in [1.29, 1.82) is 0 Å². The summed E-state index contributed by atoms with van der Waals surface area (Å²) < 4.78 is 51.7. The third-order valence-electron chi connectivity index (χ3n) is 3.22. The van der Waals surface area contributed by atoms with Gasteiger partial charge in [0.05, 0.1) is 11.4 Å². The molecule has 1 unspecified atom stereocenters. The Morgan fingerprint density at radius 2 is 2.14 bits per heavy atom. The topological polar surface area (TPSA) is 58.2 Å². The van der Waals surface area contributed by atoms with Gasteiger partial charge in [-0.05, 0) is 44.0 Å². The number of rotatable bonds is 6. The SMILES string of the molecule is O=S(=O)(CC1CCCNC1)Nc1ccccc1SC(F)F.